The number of fused-ring (bicyclic) bond motifs is 3. The summed E-state index contributed by atoms with van der Waals surface area (Å²) in [6.07, 6.45) is 4.57. The summed E-state index contributed by atoms with van der Waals surface area (Å²) in [6.45, 7) is 6.63. The zero-order chi connectivity index (χ0) is 32.1. The number of nitrogens with zero attached hydrogens (tertiary/aromatic N) is 6. The predicted molar refractivity (Wildman–Crippen MR) is 168 cm³/mol. The number of hydrogen-bond acceptors (Lipinski definition) is 7. The van der Waals surface area contributed by atoms with Gasteiger partial charge in [0.1, 0.15) is 41.1 Å². The molecule has 0 radical (unpaired) electrons. The molecule has 0 unspecified atom stereocenters. The first-order chi connectivity index (χ1) is 22.3. The SMILES string of the molecule is C=CC(=O)N1Cc2cc(-c3nc(-c4ccc5c(cnn5C)c4)c4occc4c3-c3c(F)cc(F)cc3OCCOC)nn2[C@@H](C)C1. The standard InChI is InChI=1S/C34H30F2N6O4/c1-5-29(43)41-17-19(2)42-23(18-41)15-26(39-42)33-30(31-25(36)13-22(35)14-28(31)45-11-10-44-4)24-8-9-46-34(24)32(38-33)20-6-7-27-21(12-20)16-37-40(27)3/h5-9,12-16,19H,1,10-11,17-18H2,2-4H3/t19-/m0/s1. The molecule has 0 spiro atoms. The lowest BCUT2D eigenvalue weighted by molar-refractivity contribution is -0.127. The Bertz CT molecular complexity index is 2150. The molecule has 0 saturated heterocycles. The van der Waals surface area contributed by atoms with Crippen LogP contribution in [0.25, 0.3) is 55.6 Å². The molecule has 0 fully saturated rings. The third kappa shape index (κ3) is 4.91. The number of hydrogen-bond donors (Lipinski definition) is 0. The number of carbonyl (C=O) groups is 1. The van der Waals surface area contributed by atoms with Gasteiger partial charge in [-0.2, -0.15) is 10.2 Å². The Hall–Kier alpha value is -5.36. The smallest absolute Gasteiger partial charge is 0.246 e. The molecule has 1 aliphatic rings. The second-order valence-electron chi connectivity index (χ2n) is 11.2. The summed E-state index contributed by atoms with van der Waals surface area (Å²) >= 11 is 0. The molecular weight excluding hydrogens is 594 g/mol. The van der Waals surface area contributed by atoms with E-state index in [0.717, 1.165) is 34.3 Å². The number of ether oxygens (including phenoxy) is 2. The van der Waals surface area contributed by atoms with Gasteiger partial charge in [-0.3, -0.25) is 14.2 Å². The van der Waals surface area contributed by atoms with Gasteiger partial charge >= 0.3 is 0 Å². The van der Waals surface area contributed by atoms with Crippen molar-refractivity contribution in [3.8, 4) is 39.5 Å². The first-order valence-corrected chi connectivity index (χ1v) is 14.7. The van der Waals surface area contributed by atoms with Gasteiger partial charge in [-0.05, 0) is 37.3 Å². The van der Waals surface area contributed by atoms with Gasteiger partial charge in [0.25, 0.3) is 0 Å². The second-order valence-corrected chi connectivity index (χ2v) is 11.2. The highest BCUT2D eigenvalue weighted by Crippen LogP contribution is 2.46. The van der Waals surface area contributed by atoms with E-state index in [1.807, 2.05) is 42.9 Å². The van der Waals surface area contributed by atoms with Crippen LogP contribution < -0.4 is 4.74 Å². The normalized spacial score (nSPS) is 14.6. The van der Waals surface area contributed by atoms with E-state index in [-0.39, 0.29) is 36.5 Å². The van der Waals surface area contributed by atoms with Gasteiger partial charge in [0.2, 0.25) is 5.91 Å². The first-order valence-electron chi connectivity index (χ1n) is 14.7. The van der Waals surface area contributed by atoms with Crippen molar-refractivity contribution >= 4 is 27.8 Å². The van der Waals surface area contributed by atoms with Crippen LogP contribution in [0.1, 0.15) is 18.7 Å². The highest BCUT2D eigenvalue weighted by molar-refractivity contribution is 6.07. The van der Waals surface area contributed by atoms with Crippen molar-refractivity contribution in [3.05, 3.63) is 84.9 Å². The van der Waals surface area contributed by atoms with Crippen LogP contribution in [0.2, 0.25) is 0 Å². The van der Waals surface area contributed by atoms with E-state index < -0.39 is 11.6 Å². The molecule has 0 saturated carbocycles. The topological polar surface area (TPSA) is 100 Å². The summed E-state index contributed by atoms with van der Waals surface area (Å²) in [5.41, 5.74) is 4.53. The second kappa shape index (κ2) is 11.5. The van der Waals surface area contributed by atoms with Crippen LogP contribution in [0.5, 0.6) is 5.75 Å². The van der Waals surface area contributed by atoms with E-state index >= 15 is 4.39 Å². The molecule has 7 rings (SSSR count). The Morgan fingerprint density at radius 3 is 2.78 bits per heavy atom. The molecule has 46 heavy (non-hydrogen) atoms. The third-order valence-corrected chi connectivity index (χ3v) is 8.24. The number of benzene rings is 2. The lowest BCUT2D eigenvalue weighted by Gasteiger charge is -2.31. The summed E-state index contributed by atoms with van der Waals surface area (Å²) in [7, 11) is 3.38. The summed E-state index contributed by atoms with van der Waals surface area (Å²) in [5, 5.41) is 10.7. The average Bonchev–Trinajstić information content (AvgIpc) is 3.79. The number of aromatic nitrogens is 5. The number of halogens is 2. The molecule has 0 aliphatic carbocycles. The minimum absolute atomic E-state index is 0.00951. The third-order valence-electron chi connectivity index (χ3n) is 8.24. The fourth-order valence-corrected chi connectivity index (χ4v) is 6.12. The lowest BCUT2D eigenvalue weighted by atomic mass is 9.95. The fraction of sp³-hybridized carbons (Fsp3) is 0.235. The lowest BCUT2D eigenvalue weighted by Crippen LogP contribution is -2.39. The van der Waals surface area contributed by atoms with Crippen molar-refractivity contribution < 1.29 is 27.5 Å². The molecular formula is C34H30F2N6O4. The van der Waals surface area contributed by atoms with Gasteiger partial charge in [0, 0.05) is 54.7 Å². The van der Waals surface area contributed by atoms with E-state index in [1.54, 1.807) is 21.8 Å². The Balaban J connectivity index is 1.50. The summed E-state index contributed by atoms with van der Waals surface area (Å²) in [6, 6.07) is 11.2. The van der Waals surface area contributed by atoms with Crippen molar-refractivity contribution in [3.63, 3.8) is 0 Å². The van der Waals surface area contributed by atoms with Crippen LogP contribution in [0, 0.1) is 11.6 Å². The van der Waals surface area contributed by atoms with Crippen molar-refractivity contribution in [2.75, 3.05) is 26.9 Å². The van der Waals surface area contributed by atoms with Gasteiger partial charge in [-0.15, -0.1) is 0 Å². The highest BCUT2D eigenvalue weighted by Gasteiger charge is 2.30. The van der Waals surface area contributed by atoms with E-state index in [0.29, 0.717) is 46.7 Å². The Labute approximate surface area is 262 Å². The van der Waals surface area contributed by atoms with Gasteiger partial charge in [-0.25, -0.2) is 13.8 Å². The van der Waals surface area contributed by atoms with E-state index in [4.69, 9.17) is 24.0 Å². The number of amides is 1. The number of methoxy groups -OCH3 is 1. The Morgan fingerprint density at radius 1 is 1.13 bits per heavy atom. The van der Waals surface area contributed by atoms with Crippen molar-refractivity contribution in [1.29, 1.82) is 0 Å². The maximum atomic E-state index is 16.0. The molecule has 2 aromatic carbocycles. The number of carbonyl (C=O) groups excluding carboxylic acids is 1. The monoisotopic (exact) mass is 624 g/mol. The molecule has 1 aliphatic heterocycles. The van der Waals surface area contributed by atoms with Crippen LogP contribution in [-0.4, -0.2) is 62.2 Å². The van der Waals surface area contributed by atoms with Crippen molar-refractivity contribution in [2.45, 2.75) is 19.5 Å². The zero-order valence-electron chi connectivity index (χ0n) is 25.5. The summed E-state index contributed by atoms with van der Waals surface area (Å²) in [5.74, 6) is -1.81. The van der Waals surface area contributed by atoms with Crippen LogP contribution >= 0.6 is 0 Å². The maximum absolute atomic E-state index is 16.0. The summed E-state index contributed by atoms with van der Waals surface area (Å²) in [4.78, 5) is 19.3. The van der Waals surface area contributed by atoms with Crippen molar-refractivity contribution in [2.24, 2.45) is 7.05 Å². The largest absolute Gasteiger partial charge is 0.490 e. The fourth-order valence-electron chi connectivity index (χ4n) is 6.12. The van der Waals surface area contributed by atoms with Crippen LogP contribution in [0.15, 0.2) is 72.0 Å². The van der Waals surface area contributed by atoms with E-state index in [2.05, 4.69) is 11.7 Å². The molecule has 6 aromatic rings. The minimum Gasteiger partial charge on any atom is -0.490 e. The molecule has 4 aromatic heterocycles. The number of aryl methyl sites for hydroxylation is 1. The van der Waals surface area contributed by atoms with E-state index in [9.17, 15) is 9.18 Å². The first kappa shape index (κ1) is 29.4. The van der Waals surface area contributed by atoms with Gasteiger partial charge in [0.05, 0.1) is 48.4 Å². The minimum atomic E-state index is -0.831. The molecule has 12 heteroatoms. The van der Waals surface area contributed by atoms with Crippen LogP contribution in [0.4, 0.5) is 8.78 Å². The van der Waals surface area contributed by atoms with Crippen LogP contribution in [0.3, 0.4) is 0 Å². The molecule has 1 atom stereocenters. The van der Waals surface area contributed by atoms with Gasteiger partial charge in [-0.1, -0.05) is 12.6 Å². The molecule has 0 bridgehead atoms. The molecule has 5 heterocycles. The summed E-state index contributed by atoms with van der Waals surface area (Å²) < 4.78 is 51.2. The predicted octanol–water partition coefficient (Wildman–Crippen LogP) is 6.30. The number of pyridine rings is 1. The van der Waals surface area contributed by atoms with Gasteiger partial charge in [0.15, 0.2) is 5.58 Å². The molecule has 234 valence electrons. The number of furan rings is 1. The van der Waals surface area contributed by atoms with Crippen LogP contribution in [-0.2, 0) is 23.1 Å². The molecule has 1 amide bonds. The van der Waals surface area contributed by atoms with E-state index in [1.165, 1.54) is 19.4 Å². The molecule has 10 nitrogen and oxygen atoms in total. The zero-order valence-corrected chi connectivity index (χ0v) is 25.5. The Kier molecular flexibility index (Phi) is 7.36. The van der Waals surface area contributed by atoms with Crippen molar-refractivity contribution in [1.82, 2.24) is 29.4 Å². The molecule has 0 N–H and O–H groups in total. The highest BCUT2D eigenvalue weighted by atomic mass is 19.1. The number of rotatable bonds is 8. The maximum Gasteiger partial charge on any atom is 0.246 e. The Morgan fingerprint density at radius 2 is 1.98 bits per heavy atom. The average molecular weight is 625 g/mol. The van der Waals surface area contributed by atoms with Gasteiger partial charge < -0.3 is 18.8 Å². The quantitative estimate of drug-likeness (QED) is 0.145.